The van der Waals surface area contributed by atoms with Crippen molar-refractivity contribution in [2.24, 2.45) is 5.73 Å². The number of halogens is 3. The summed E-state index contributed by atoms with van der Waals surface area (Å²) in [4.78, 5) is 11.4. The standard InChI is InChI=1S/C9H13F3N4OS/c1-4(13)6(9(10,11)12)18-8-15-14-7(17)16(8)5-2-3-5/h4-6H,2-3,13H2,1H3,(H,14,17). The number of nitrogens with one attached hydrogen (secondary N) is 1. The van der Waals surface area contributed by atoms with Gasteiger partial charge in [-0.15, -0.1) is 5.10 Å². The molecule has 3 N–H and O–H groups in total. The molecule has 0 spiro atoms. The molecule has 1 aliphatic rings. The Kier molecular flexibility index (Phi) is 3.45. The second-order valence-electron chi connectivity index (χ2n) is 4.35. The highest BCUT2D eigenvalue weighted by Crippen LogP contribution is 2.40. The Labute approximate surface area is 105 Å². The molecule has 102 valence electrons. The number of H-pyrrole nitrogens is 1. The fraction of sp³-hybridized carbons (Fsp3) is 0.778. The van der Waals surface area contributed by atoms with Crippen LogP contribution in [-0.2, 0) is 0 Å². The largest absolute Gasteiger partial charge is 0.402 e. The summed E-state index contributed by atoms with van der Waals surface area (Å²) in [6, 6.07) is -1.10. The summed E-state index contributed by atoms with van der Waals surface area (Å²) >= 11 is 0.490. The van der Waals surface area contributed by atoms with E-state index in [0.717, 1.165) is 12.8 Å². The molecule has 0 aromatic carbocycles. The molecule has 0 radical (unpaired) electrons. The first kappa shape index (κ1) is 13.5. The van der Waals surface area contributed by atoms with Gasteiger partial charge in [0, 0.05) is 12.1 Å². The van der Waals surface area contributed by atoms with Crippen LogP contribution in [0.1, 0.15) is 25.8 Å². The van der Waals surface area contributed by atoms with Gasteiger partial charge in [-0.2, -0.15) is 13.2 Å². The van der Waals surface area contributed by atoms with Gasteiger partial charge in [0.1, 0.15) is 5.25 Å². The predicted octanol–water partition coefficient (Wildman–Crippen LogP) is 1.28. The van der Waals surface area contributed by atoms with E-state index in [4.69, 9.17) is 5.73 Å². The van der Waals surface area contributed by atoms with Crippen LogP contribution in [0.3, 0.4) is 0 Å². The van der Waals surface area contributed by atoms with Crippen molar-refractivity contribution in [3.8, 4) is 0 Å². The summed E-state index contributed by atoms with van der Waals surface area (Å²) < 4.78 is 39.6. The van der Waals surface area contributed by atoms with Gasteiger partial charge in [0.25, 0.3) is 0 Å². The average Bonchev–Trinajstić information content (AvgIpc) is 2.98. The quantitative estimate of drug-likeness (QED) is 0.816. The Morgan fingerprint density at radius 1 is 1.56 bits per heavy atom. The Balaban J connectivity index is 2.24. The monoisotopic (exact) mass is 282 g/mol. The van der Waals surface area contributed by atoms with E-state index in [1.807, 2.05) is 0 Å². The molecule has 0 saturated heterocycles. The first-order chi connectivity index (χ1) is 8.30. The Morgan fingerprint density at radius 2 is 2.17 bits per heavy atom. The predicted molar refractivity (Wildman–Crippen MR) is 60.5 cm³/mol. The fourth-order valence-corrected chi connectivity index (χ4v) is 2.63. The van der Waals surface area contributed by atoms with Crippen LogP contribution in [0, 0.1) is 0 Å². The van der Waals surface area contributed by atoms with E-state index in [1.54, 1.807) is 0 Å². The molecule has 1 saturated carbocycles. The van der Waals surface area contributed by atoms with Crippen LogP contribution in [0.2, 0.25) is 0 Å². The summed E-state index contributed by atoms with van der Waals surface area (Å²) in [5, 5.41) is 4.11. The summed E-state index contributed by atoms with van der Waals surface area (Å²) in [5.74, 6) is 0. The molecule has 0 bridgehead atoms. The van der Waals surface area contributed by atoms with E-state index in [2.05, 4.69) is 10.2 Å². The highest BCUT2D eigenvalue weighted by Gasteiger charge is 2.44. The van der Waals surface area contributed by atoms with Gasteiger partial charge >= 0.3 is 11.9 Å². The van der Waals surface area contributed by atoms with Crippen molar-refractivity contribution in [2.45, 2.75) is 48.4 Å². The van der Waals surface area contributed by atoms with Gasteiger partial charge in [0.2, 0.25) is 0 Å². The average molecular weight is 282 g/mol. The third kappa shape index (κ3) is 2.72. The van der Waals surface area contributed by atoms with Crippen molar-refractivity contribution < 1.29 is 13.2 Å². The van der Waals surface area contributed by atoms with Gasteiger partial charge in [0.05, 0.1) is 0 Å². The minimum Gasteiger partial charge on any atom is -0.327 e. The van der Waals surface area contributed by atoms with E-state index in [0.29, 0.717) is 11.8 Å². The number of aromatic nitrogens is 3. The smallest absolute Gasteiger partial charge is 0.327 e. The molecule has 1 fully saturated rings. The van der Waals surface area contributed by atoms with Gasteiger partial charge in [-0.25, -0.2) is 9.89 Å². The van der Waals surface area contributed by atoms with E-state index in [9.17, 15) is 18.0 Å². The third-order valence-corrected chi connectivity index (χ3v) is 4.07. The molecule has 2 rings (SSSR count). The number of aromatic amines is 1. The van der Waals surface area contributed by atoms with E-state index < -0.39 is 23.2 Å². The lowest BCUT2D eigenvalue weighted by molar-refractivity contribution is -0.131. The zero-order valence-electron chi connectivity index (χ0n) is 9.57. The molecule has 1 aromatic rings. The molecule has 2 atom stereocenters. The fourth-order valence-electron chi connectivity index (χ4n) is 1.61. The number of rotatable bonds is 4. The molecule has 2 unspecified atom stereocenters. The van der Waals surface area contributed by atoms with Crippen molar-refractivity contribution in [2.75, 3.05) is 0 Å². The second-order valence-corrected chi connectivity index (χ2v) is 5.46. The van der Waals surface area contributed by atoms with Crippen LogP contribution in [0.5, 0.6) is 0 Å². The summed E-state index contributed by atoms with van der Waals surface area (Å²) in [6.07, 6.45) is -2.84. The molecule has 1 aromatic heterocycles. The van der Waals surface area contributed by atoms with Crippen LogP contribution in [0.15, 0.2) is 9.95 Å². The number of alkyl halides is 3. The van der Waals surface area contributed by atoms with E-state index >= 15 is 0 Å². The Morgan fingerprint density at radius 3 is 2.61 bits per heavy atom. The summed E-state index contributed by atoms with van der Waals surface area (Å²) in [5.41, 5.74) is 4.89. The normalized spacial score (nSPS) is 19.8. The van der Waals surface area contributed by atoms with Gasteiger partial charge in [-0.1, -0.05) is 11.8 Å². The Bertz CT molecular complexity index is 477. The van der Waals surface area contributed by atoms with Gasteiger partial charge in [-0.05, 0) is 19.8 Å². The maximum absolute atomic E-state index is 12.8. The van der Waals surface area contributed by atoms with Crippen molar-refractivity contribution in [3.63, 3.8) is 0 Å². The minimum atomic E-state index is -4.43. The maximum atomic E-state index is 12.8. The molecule has 0 aliphatic heterocycles. The third-order valence-electron chi connectivity index (χ3n) is 2.62. The molecular weight excluding hydrogens is 269 g/mol. The van der Waals surface area contributed by atoms with Crippen LogP contribution < -0.4 is 11.4 Å². The van der Waals surface area contributed by atoms with Crippen LogP contribution >= 0.6 is 11.8 Å². The van der Waals surface area contributed by atoms with Gasteiger partial charge < -0.3 is 5.73 Å². The van der Waals surface area contributed by atoms with Crippen molar-refractivity contribution in [3.05, 3.63) is 10.5 Å². The zero-order valence-corrected chi connectivity index (χ0v) is 10.4. The number of hydrogen-bond acceptors (Lipinski definition) is 4. The van der Waals surface area contributed by atoms with Gasteiger partial charge in [-0.3, -0.25) is 4.57 Å². The highest BCUT2D eigenvalue weighted by atomic mass is 32.2. The topological polar surface area (TPSA) is 76.7 Å². The molecule has 5 nitrogen and oxygen atoms in total. The van der Waals surface area contributed by atoms with Crippen LogP contribution in [0.25, 0.3) is 0 Å². The lowest BCUT2D eigenvalue weighted by Crippen LogP contribution is -2.41. The number of nitrogens with zero attached hydrogens (tertiary/aromatic N) is 2. The van der Waals surface area contributed by atoms with Crippen LogP contribution in [0.4, 0.5) is 13.2 Å². The second kappa shape index (κ2) is 4.61. The molecule has 1 heterocycles. The van der Waals surface area contributed by atoms with E-state index in [1.165, 1.54) is 11.5 Å². The van der Waals surface area contributed by atoms with E-state index in [-0.39, 0.29) is 11.2 Å². The highest BCUT2D eigenvalue weighted by molar-refractivity contribution is 7.99. The number of nitrogens with two attached hydrogens (primary N) is 1. The SMILES string of the molecule is CC(N)C(Sc1n[nH]c(=O)n1C1CC1)C(F)(F)F. The number of hydrogen-bond donors (Lipinski definition) is 2. The van der Waals surface area contributed by atoms with Crippen molar-refractivity contribution >= 4 is 11.8 Å². The summed E-state index contributed by atoms with van der Waals surface area (Å²) in [7, 11) is 0. The summed E-state index contributed by atoms with van der Waals surface area (Å²) in [6.45, 7) is 1.29. The lowest BCUT2D eigenvalue weighted by atomic mass is 10.2. The molecule has 18 heavy (non-hydrogen) atoms. The molecule has 9 heteroatoms. The minimum absolute atomic E-state index is 0.0271. The number of thioether (sulfide) groups is 1. The van der Waals surface area contributed by atoms with Gasteiger partial charge in [0.15, 0.2) is 5.16 Å². The maximum Gasteiger partial charge on any atom is 0.402 e. The van der Waals surface area contributed by atoms with Crippen molar-refractivity contribution in [1.29, 1.82) is 0 Å². The first-order valence-corrected chi connectivity index (χ1v) is 6.34. The first-order valence-electron chi connectivity index (χ1n) is 5.46. The molecular formula is C9H13F3N4OS. The zero-order chi connectivity index (χ0) is 13.5. The molecule has 0 amide bonds. The Hall–Kier alpha value is -0.960. The van der Waals surface area contributed by atoms with Crippen molar-refractivity contribution in [1.82, 2.24) is 14.8 Å². The molecule has 1 aliphatic carbocycles. The lowest BCUT2D eigenvalue weighted by Gasteiger charge is -2.22. The van der Waals surface area contributed by atoms with Crippen LogP contribution in [-0.4, -0.2) is 32.2 Å².